The van der Waals surface area contributed by atoms with Crippen LogP contribution < -0.4 is 0 Å². The number of methoxy groups -OCH3 is 1. The first-order valence-electron chi connectivity index (χ1n) is 4.86. The molecule has 0 fully saturated rings. The van der Waals surface area contributed by atoms with E-state index < -0.39 is 11.2 Å². The predicted octanol–water partition coefficient (Wildman–Crippen LogP) is 1.89. The van der Waals surface area contributed by atoms with Crippen molar-refractivity contribution in [2.75, 3.05) is 13.7 Å². The molecule has 1 unspecified atom stereocenters. The molecule has 0 spiro atoms. The Morgan fingerprint density at radius 1 is 1.56 bits per heavy atom. The van der Waals surface area contributed by atoms with Crippen LogP contribution in [0.25, 0.3) is 0 Å². The van der Waals surface area contributed by atoms with Crippen LogP contribution in [-0.2, 0) is 9.53 Å². The van der Waals surface area contributed by atoms with Gasteiger partial charge in [0, 0.05) is 12.8 Å². The van der Waals surface area contributed by atoms with Crippen LogP contribution in [0.15, 0.2) is 17.2 Å². The fourth-order valence-electron chi connectivity index (χ4n) is 1.32. The summed E-state index contributed by atoms with van der Waals surface area (Å²) in [7, 11) is 1.49. The van der Waals surface area contributed by atoms with Gasteiger partial charge in [0.2, 0.25) is 0 Å². The van der Waals surface area contributed by atoms with Crippen molar-refractivity contribution in [3.8, 4) is 0 Å². The number of pyridine rings is 1. The van der Waals surface area contributed by atoms with Crippen molar-refractivity contribution in [2.24, 2.45) is 0 Å². The van der Waals surface area contributed by atoms with Gasteiger partial charge in [0.25, 0.3) is 0 Å². The molecule has 1 atom stereocenters. The molecular weight excluding hydrogens is 226 g/mol. The van der Waals surface area contributed by atoms with Crippen molar-refractivity contribution in [2.45, 2.75) is 24.1 Å². The van der Waals surface area contributed by atoms with Crippen molar-refractivity contribution in [3.05, 3.63) is 23.4 Å². The van der Waals surface area contributed by atoms with E-state index in [1.165, 1.54) is 18.9 Å². The Bertz CT molecular complexity index is 361. The van der Waals surface area contributed by atoms with Gasteiger partial charge in [-0.3, -0.25) is 4.79 Å². The molecule has 0 aliphatic carbocycles. The maximum absolute atomic E-state index is 10.9. The number of rotatable bonds is 5. The number of ether oxygens (including phenoxy) is 1. The Morgan fingerprint density at radius 2 is 2.25 bits per heavy atom. The quantitative estimate of drug-likeness (QED) is 0.798. The first-order chi connectivity index (χ1) is 7.52. The van der Waals surface area contributed by atoms with Gasteiger partial charge in [0.1, 0.15) is 5.25 Å². The first-order valence-corrected chi connectivity index (χ1v) is 5.74. The molecule has 88 valence electrons. The van der Waals surface area contributed by atoms with Gasteiger partial charge in [-0.05, 0) is 31.5 Å². The highest BCUT2D eigenvalue weighted by Crippen LogP contribution is 2.23. The smallest absolute Gasteiger partial charge is 0.319 e. The van der Waals surface area contributed by atoms with Crippen molar-refractivity contribution < 1.29 is 14.6 Å². The van der Waals surface area contributed by atoms with E-state index in [-0.39, 0.29) is 6.61 Å². The fourth-order valence-corrected chi connectivity index (χ4v) is 2.36. The molecule has 1 heterocycles. The number of thioether (sulfide) groups is 1. The third-order valence-electron chi connectivity index (χ3n) is 1.93. The monoisotopic (exact) mass is 241 g/mol. The van der Waals surface area contributed by atoms with Crippen molar-refractivity contribution in [1.82, 2.24) is 4.98 Å². The zero-order chi connectivity index (χ0) is 12.1. The molecule has 16 heavy (non-hydrogen) atoms. The summed E-state index contributed by atoms with van der Waals surface area (Å²) in [5.41, 5.74) is 1.97. The van der Waals surface area contributed by atoms with E-state index in [0.29, 0.717) is 0 Å². The van der Waals surface area contributed by atoms with E-state index in [0.717, 1.165) is 16.3 Å². The van der Waals surface area contributed by atoms with Crippen LogP contribution in [-0.4, -0.2) is 35.0 Å². The number of aliphatic carboxylic acids is 1. The third kappa shape index (κ3) is 3.83. The Labute approximate surface area is 99.0 Å². The van der Waals surface area contributed by atoms with E-state index in [1.807, 2.05) is 26.0 Å². The number of carboxylic acid groups (broad SMARTS) is 1. The van der Waals surface area contributed by atoms with Crippen LogP contribution >= 0.6 is 11.8 Å². The highest BCUT2D eigenvalue weighted by molar-refractivity contribution is 8.00. The maximum atomic E-state index is 10.9. The molecule has 1 aromatic rings. The van der Waals surface area contributed by atoms with Gasteiger partial charge < -0.3 is 9.84 Å². The van der Waals surface area contributed by atoms with Gasteiger partial charge in [0.15, 0.2) is 0 Å². The zero-order valence-corrected chi connectivity index (χ0v) is 10.4. The minimum absolute atomic E-state index is 0.175. The van der Waals surface area contributed by atoms with Crippen LogP contribution in [0.1, 0.15) is 11.3 Å². The van der Waals surface area contributed by atoms with Gasteiger partial charge in [-0.25, -0.2) is 4.98 Å². The lowest BCUT2D eigenvalue weighted by molar-refractivity contribution is -0.137. The van der Waals surface area contributed by atoms with Gasteiger partial charge in [-0.1, -0.05) is 11.8 Å². The number of hydrogen-bond donors (Lipinski definition) is 1. The molecule has 1 rings (SSSR count). The molecule has 1 aromatic heterocycles. The van der Waals surface area contributed by atoms with E-state index in [9.17, 15) is 4.79 Å². The molecule has 1 N–H and O–H groups in total. The molecule has 4 nitrogen and oxygen atoms in total. The van der Waals surface area contributed by atoms with E-state index in [4.69, 9.17) is 9.84 Å². The van der Waals surface area contributed by atoms with E-state index in [1.54, 1.807) is 0 Å². The normalized spacial score (nSPS) is 12.4. The van der Waals surface area contributed by atoms with Gasteiger partial charge in [-0.2, -0.15) is 0 Å². The Balaban J connectivity index is 2.80. The zero-order valence-electron chi connectivity index (χ0n) is 9.56. The van der Waals surface area contributed by atoms with Crippen LogP contribution in [0.3, 0.4) is 0 Å². The van der Waals surface area contributed by atoms with Crippen LogP contribution in [0.2, 0.25) is 0 Å². The van der Waals surface area contributed by atoms with Gasteiger partial charge in [0.05, 0.1) is 11.6 Å². The average molecular weight is 241 g/mol. The summed E-state index contributed by atoms with van der Waals surface area (Å²) in [5.74, 6) is -0.882. The second kappa shape index (κ2) is 5.86. The number of carbonyl (C=O) groups is 1. The van der Waals surface area contributed by atoms with Gasteiger partial charge >= 0.3 is 5.97 Å². The molecule has 0 aliphatic rings. The van der Waals surface area contributed by atoms with Crippen molar-refractivity contribution in [1.29, 1.82) is 0 Å². The number of nitrogens with zero attached hydrogens (tertiary/aromatic N) is 1. The number of hydrogen-bond acceptors (Lipinski definition) is 4. The molecule has 0 aromatic carbocycles. The Hall–Kier alpha value is -1.07. The predicted molar refractivity (Wildman–Crippen MR) is 62.9 cm³/mol. The first kappa shape index (κ1) is 13.0. The molecular formula is C11H15NO3S. The molecule has 0 saturated heterocycles. The van der Waals surface area contributed by atoms with Crippen molar-refractivity contribution >= 4 is 17.7 Å². The fraction of sp³-hybridized carbons (Fsp3) is 0.455. The minimum atomic E-state index is -0.882. The summed E-state index contributed by atoms with van der Waals surface area (Å²) in [5, 5.41) is 9.09. The highest BCUT2D eigenvalue weighted by atomic mass is 32.2. The molecule has 0 aliphatic heterocycles. The topological polar surface area (TPSA) is 59.4 Å². The van der Waals surface area contributed by atoms with Crippen LogP contribution in [0.5, 0.6) is 0 Å². The second-order valence-electron chi connectivity index (χ2n) is 3.52. The lowest BCUT2D eigenvalue weighted by atomic mass is 10.3. The Kier molecular flexibility index (Phi) is 4.76. The summed E-state index contributed by atoms with van der Waals surface area (Å²) in [6.45, 7) is 4.03. The number of carboxylic acids is 1. The molecule has 0 radical (unpaired) electrons. The standard InChI is InChI=1S/C11H15NO3S/c1-7-4-8(2)12-10(5-7)16-9(6-15-3)11(13)14/h4-5,9H,6H2,1-3H3,(H,13,14). The van der Waals surface area contributed by atoms with Crippen molar-refractivity contribution in [3.63, 3.8) is 0 Å². The summed E-state index contributed by atoms with van der Waals surface area (Å²) >= 11 is 1.21. The maximum Gasteiger partial charge on any atom is 0.319 e. The molecule has 0 bridgehead atoms. The molecule has 0 amide bonds. The largest absolute Gasteiger partial charge is 0.480 e. The van der Waals surface area contributed by atoms with E-state index in [2.05, 4.69) is 4.98 Å². The summed E-state index contributed by atoms with van der Waals surface area (Å²) in [4.78, 5) is 15.2. The van der Waals surface area contributed by atoms with Crippen LogP contribution in [0.4, 0.5) is 0 Å². The summed E-state index contributed by atoms with van der Waals surface area (Å²) in [6.07, 6.45) is 0. The number of aryl methyl sites for hydroxylation is 2. The molecule has 0 saturated carbocycles. The lowest BCUT2D eigenvalue weighted by Gasteiger charge is -2.11. The molecule has 5 heteroatoms. The second-order valence-corrected chi connectivity index (χ2v) is 4.75. The van der Waals surface area contributed by atoms with Crippen LogP contribution in [0, 0.1) is 13.8 Å². The average Bonchev–Trinajstić information content (AvgIpc) is 2.15. The van der Waals surface area contributed by atoms with Gasteiger partial charge in [-0.15, -0.1) is 0 Å². The third-order valence-corrected chi connectivity index (χ3v) is 3.00. The number of aromatic nitrogens is 1. The SMILES string of the molecule is COCC(Sc1cc(C)cc(C)n1)C(=O)O. The lowest BCUT2D eigenvalue weighted by Crippen LogP contribution is -2.21. The minimum Gasteiger partial charge on any atom is -0.480 e. The Morgan fingerprint density at radius 3 is 2.75 bits per heavy atom. The summed E-state index contributed by atoms with van der Waals surface area (Å²) < 4.78 is 4.87. The highest BCUT2D eigenvalue weighted by Gasteiger charge is 2.19. The summed E-state index contributed by atoms with van der Waals surface area (Å²) in [6, 6.07) is 3.83. The van der Waals surface area contributed by atoms with E-state index >= 15 is 0 Å².